The molecule has 0 bridgehead atoms. The van der Waals surface area contributed by atoms with Crippen molar-refractivity contribution in [1.82, 2.24) is 10.2 Å². The van der Waals surface area contributed by atoms with Crippen LogP contribution in [0.5, 0.6) is 11.5 Å². The standard InChI is InChI=1S/C12H13N3O5/c1-18-7-3-6(4-8(5-7)19-2)10-14-15-11(20-10)9(13)12(16)17/h3-5,9H,13H2,1-2H3,(H,16,17). The van der Waals surface area contributed by atoms with Crippen molar-refractivity contribution in [2.45, 2.75) is 6.04 Å². The quantitative estimate of drug-likeness (QED) is 0.825. The van der Waals surface area contributed by atoms with Crippen molar-refractivity contribution in [1.29, 1.82) is 0 Å². The molecule has 2 aromatic rings. The Morgan fingerprint density at radius 3 is 2.35 bits per heavy atom. The highest BCUT2D eigenvalue weighted by atomic mass is 16.5. The number of aliphatic carboxylic acids is 1. The van der Waals surface area contributed by atoms with Gasteiger partial charge in [-0.05, 0) is 12.1 Å². The highest BCUT2D eigenvalue weighted by molar-refractivity contribution is 5.73. The van der Waals surface area contributed by atoms with Gasteiger partial charge in [-0.15, -0.1) is 10.2 Å². The Bertz CT molecular complexity index is 603. The molecule has 1 unspecified atom stereocenters. The van der Waals surface area contributed by atoms with Crippen LogP contribution in [-0.4, -0.2) is 35.5 Å². The first-order chi connectivity index (χ1) is 9.55. The maximum atomic E-state index is 10.8. The normalized spacial score (nSPS) is 11.9. The molecule has 8 heteroatoms. The summed E-state index contributed by atoms with van der Waals surface area (Å²) in [5.74, 6) is -0.199. The number of carboxylic acids is 1. The molecule has 0 aliphatic heterocycles. The third-order valence-corrected chi connectivity index (χ3v) is 2.57. The third-order valence-electron chi connectivity index (χ3n) is 2.57. The first kappa shape index (κ1) is 13.8. The monoisotopic (exact) mass is 279 g/mol. The van der Waals surface area contributed by atoms with Crippen LogP contribution in [0.2, 0.25) is 0 Å². The highest BCUT2D eigenvalue weighted by Crippen LogP contribution is 2.29. The van der Waals surface area contributed by atoms with E-state index in [4.69, 9.17) is 24.7 Å². The molecule has 0 aliphatic rings. The Kier molecular flexibility index (Phi) is 3.85. The number of hydrogen-bond acceptors (Lipinski definition) is 7. The maximum absolute atomic E-state index is 10.8. The third kappa shape index (κ3) is 2.69. The van der Waals surface area contributed by atoms with Crippen molar-refractivity contribution in [3.8, 4) is 23.0 Å². The predicted molar refractivity (Wildman–Crippen MR) is 67.4 cm³/mol. The topological polar surface area (TPSA) is 121 Å². The second-order valence-electron chi connectivity index (χ2n) is 3.86. The second kappa shape index (κ2) is 5.57. The lowest BCUT2D eigenvalue weighted by atomic mass is 10.2. The van der Waals surface area contributed by atoms with Gasteiger partial charge in [0, 0.05) is 11.6 Å². The van der Waals surface area contributed by atoms with Crippen LogP contribution in [0, 0.1) is 0 Å². The van der Waals surface area contributed by atoms with Gasteiger partial charge in [0.05, 0.1) is 14.2 Å². The molecule has 106 valence electrons. The van der Waals surface area contributed by atoms with Crippen molar-refractivity contribution < 1.29 is 23.8 Å². The van der Waals surface area contributed by atoms with Crippen LogP contribution >= 0.6 is 0 Å². The molecule has 0 fully saturated rings. The number of nitrogens with zero attached hydrogens (tertiary/aromatic N) is 2. The summed E-state index contributed by atoms with van der Waals surface area (Å²) in [7, 11) is 3.02. The van der Waals surface area contributed by atoms with E-state index in [0.717, 1.165) is 0 Å². The SMILES string of the molecule is COc1cc(OC)cc(-c2nnc(C(N)C(=O)O)o2)c1. The van der Waals surface area contributed by atoms with E-state index in [0.29, 0.717) is 17.1 Å². The van der Waals surface area contributed by atoms with Crippen LogP contribution in [0.25, 0.3) is 11.5 Å². The minimum atomic E-state index is -1.36. The molecule has 2 rings (SSSR count). The predicted octanol–water partition coefficient (Wildman–Crippen LogP) is 0.838. The Labute approximate surface area is 114 Å². The van der Waals surface area contributed by atoms with Crippen molar-refractivity contribution in [2.75, 3.05) is 14.2 Å². The van der Waals surface area contributed by atoms with Gasteiger partial charge in [-0.3, -0.25) is 0 Å². The van der Waals surface area contributed by atoms with E-state index in [1.807, 2.05) is 0 Å². The Morgan fingerprint density at radius 2 is 1.85 bits per heavy atom. The van der Waals surface area contributed by atoms with E-state index >= 15 is 0 Å². The molecule has 0 saturated heterocycles. The molecule has 0 amide bonds. The number of rotatable bonds is 5. The van der Waals surface area contributed by atoms with Crippen LogP contribution in [-0.2, 0) is 4.79 Å². The van der Waals surface area contributed by atoms with Gasteiger partial charge in [0.25, 0.3) is 0 Å². The minimum Gasteiger partial charge on any atom is -0.497 e. The van der Waals surface area contributed by atoms with Gasteiger partial charge in [-0.1, -0.05) is 0 Å². The number of nitrogens with two attached hydrogens (primary N) is 1. The van der Waals surface area contributed by atoms with E-state index < -0.39 is 12.0 Å². The van der Waals surface area contributed by atoms with Gasteiger partial charge in [0.2, 0.25) is 11.8 Å². The zero-order valence-electron chi connectivity index (χ0n) is 10.9. The molecule has 1 heterocycles. The van der Waals surface area contributed by atoms with Crippen LogP contribution in [0.3, 0.4) is 0 Å². The summed E-state index contributed by atoms with van der Waals surface area (Å²) in [4.78, 5) is 10.8. The molecule has 20 heavy (non-hydrogen) atoms. The summed E-state index contributed by atoms with van der Waals surface area (Å²) in [6.07, 6.45) is 0. The average Bonchev–Trinajstić information content (AvgIpc) is 2.95. The fraction of sp³-hybridized carbons (Fsp3) is 0.250. The van der Waals surface area contributed by atoms with Crippen molar-refractivity contribution in [3.63, 3.8) is 0 Å². The number of aromatic nitrogens is 2. The summed E-state index contributed by atoms with van der Waals surface area (Å²) in [5, 5.41) is 16.2. The largest absolute Gasteiger partial charge is 0.497 e. The first-order valence-electron chi connectivity index (χ1n) is 5.60. The van der Waals surface area contributed by atoms with E-state index in [1.54, 1.807) is 18.2 Å². The first-order valence-corrected chi connectivity index (χ1v) is 5.60. The molecule has 0 radical (unpaired) electrons. The van der Waals surface area contributed by atoms with Crippen LogP contribution < -0.4 is 15.2 Å². The lowest BCUT2D eigenvalue weighted by molar-refractivity contribution is -0.139. The highest BCUT2D eigenvalue weighted by Gasteiger charge is 2.22. The summed E-state index contributed by atoms with van der Waals surface area (Å²) in [6.45, 7) is 0. The lowest BCUT2D eigenvalue weighted by Gasteiger charge is -2.05. The zero-order valence-corrected chi connectivity index (χ0v) is 10.9. The van der Waals surface area contributed by atoms with E-state index in [1.165, 1.54) is 14.2 Å². The van der Waals surface area contributed by atoms with E-state index in [-0.39, 0.29) is 11.8 Å². The molecular weight excluding hydrogens is 266 g/mol. The molecule has 1 aromatic carbocycles. The van der Waals surface area contributed by atoms with Gasteiger partial charge in [-0.25, -0.2) is 4.79 Å². The molecule has 0 aliphatic carbocycles. The van der Waals surface area contributed by atoms with Crippen molar-refractivity contribution >= 4 is 5.97 Å². The maximum Gasteiger partial charge on any atom is 0.330 e. The minimum absolute atomic E-state index is 0.133. The molecule has 0 saturated carbocycles. The van der Waals surface area contributed by atoms with Gasteiger partial charge < -0.3 is 24.7 Å². The Morgan fingerprint density at radius 1 is 1.25 bits per heavy atom. The number of carbonyl (C=O) groups is 1. The summed E-state index contributed by atoms with van der Waals surface area (Å²) in [5.41, 5.74) is 5.94. The number of methoxy groups -OCH3 is 2. The fourth-order valence-corrected chi connectivity index (χ4v) is 1.51. The Hall–Kier alpha value is -2.61. The van der Waals surface area contributed by atoms with Gasteiger partial charge >= 0.3 is 5.97 Å². The summed E-state index contributed by atoms with van der Waals surface area (Å²) in [6, 6.07) is 3.64. The molecule has 1 atom stereocenters. The molecule has 8 nitrogen and oxygen atoms in total. The summed E-state index contributed by atoms with van der Waals surface area (Å²) < 4.78 is 15.5. The number of carboxylic acid groups (broad SMARTS) is 1. The van der Waals surface area contributed by atoms with Crippen LogP contribution in [0.4, 0.5) is 0 Å². The smallest absolute Gasteiger partial charge is 0.330 e. The number of ether oxygens (including phenoxy) is 2. The Balaban J connectivity index is 2.39. The van der Waals surface area contributed by atoms with E-state index in [9.17, 15) is 4.79 Å². The molecule has 3 N–H and O–H groups in total. The molecule has 1 aromatic heterocycles. The fourth-order valence-electron chi connectivity index (χ4n) is 1.51. The van der Waals surface area contributed by atoms with Crippen LogP contribution in [0.1, 0.15) is 11.9 Å². The van der Waals surface area contributed by atoms with Crippen molar-refractivity contribution in [3.05, 3.63) is 24.1 Å². The lowest BCUT2D eigenvalue weighted by Crippen LogP contribution is -2.20. The van der Waals surface area contributed by atoms with Crippen LogP contribution in [0.15, 0.2) is 22.6 Å². The number of benzene rings is 1. The van der Waals surface area contributed by atoms with Gasteiger partial charge in [-0.2, -0.15) is 0 Å². The molecular formula is C12H13N3O5. The van der Waals surface area contributed by atoms with Gasteiger partial charge in [0.15, 0.2) is 6.04 Å². The zero-order chi connectivity index (χ0) is 14.7. The second-order valence-corrected chi connectivity index (χ2v) is 3.86. The van der Waals surface area contributed by atoms with Gasteiger partial charge in [0.1, 0.15) is 11.5 Å². The van der Waals surface area contributed by atoms with E-state index in [2.05, 4.69) is 10.2 Å². The summed E-state index contributed by atoms with van der Waals surface area (Å²) >= 11 is 0. The molecule has 0 spiro atoms. The number of hydrogen-bond donors (Lipinski definition) is 2. The van der Waals surface area contributed by atoms with Crippen molar-refractivity contribution in [2.24, 2.45) is 5.73 Å². The average molecular weight is 279 g/mol.